The highest BCUT2D eigenvalue weighted by Crippen LogP contribution is 2.41. The molecule has 0 radical (unpaired) electrons. The number of ketones is 1. The average Bonchev–Trinajstić information content (AvgIpc) is 3.42. The van der Waals surface area contributed by atoms with E-state index in [1.165, 1.54) is 18.4 Å². The number of amides is 1. The maximum Gasteiger partial charge on any atom is 0.290 e. The van der Waals surface area contributed by atoms with Crippen LogP contribution in [-0.4, -0.2) is 59.9 Å². The zero-order valence-corrected chi connectivity index (χ0v) is 18.8. The van der Waals surface area contributed by atoms with Gasteiger partial charge >= 0.3 is 0 Å². The molecule has 0 saturated carbocycles. The summed E-state index contributed by atoms with van der Waals surface area (Å²) >= 11 is 0. The first kappa shape index (κ1) is 23.3. The number of furan rings is 1. The highest BCUT2D eigenvalue weighted by molar-refractivity contribution is 6.14. The topological polar surface area (TPSA) is 83.2 Å². The first-order chi connectivity index (χ1) is 15.5. The molecular formula is C25H30N2O5. The first-order valence-corrected chi connectivity index (χ1v) is 10.9. The molecule has 1 N–H and O–H groups in total. The minimum Gasteiger partial charge on any atom is -0.503 e. The van der Waals surface area contributed by atoms with Crippen molar-refractivity contribution in [1.29, 1.82) is 0 Å². The molecule has 1 aliphatic rings. The van der Waals surface area contributed by atoms with E-state index in [2.05, 4.69) is 18.7 Å². The van der Waals surface area contributed by atoms with Gasteiger partial charge in [-0.1, -0.05) is 32.0 Å². The van der Waals surface area contributed by atoms with Gasteiger partial charge in [-0.05, 0) is 56.4 Å². The van der Waals surface area contributed by atoms with E-state index in [0.29, 0.717) is 23.6 Å². The van der Waals surface area contributed by atoms with Crippen LogP contribution in [0.2, 0.25) is 0 Å². The third kappa shape index (κ3) is 4.94. The summed E-state index contributed by atoms with van der Waals surface area (Å²) in [4.78, 5) is 30.0. The largest absolute Gasteiger partial charge is 0.503 e. The third-order valence-electron chi connectivity index (χ3n) is 5.71. The minimum atomic E-state index is -0.732. The number of hydrogen-bond acceptors (Lipinski definition) is 6. The molecule has 32 heavy (non-hydrogen) atoms. The van der Waals surface area contributed by atoms with Crippen LogP contribution in [0.3, 0.4) is 0 Å². The van der Waals surface area contributed by atoms with Crippen LogP contribution in [0.15, 0.2) is 64.5 Å². The maximum atomic E-state index is 13.1. The van der Waals surface area contributed by atoms with Crippen molar-refractivity contribution in [2.24, 2.45) is 0 Å². The molecule has 7 nitrogen and oxygen atoms in total. The van der Waals surface area contributed by atoms with Crippen molar-refractivity contribution in [3.8, 4) is 5.75 Å². The van der Waals surface area contributed by atoms with Gasteiger partial charge in [-0.15, -0.1) is 0 Å². The first-order valence-electron chi connectivity index (χ1n) is 10.9. The van der Waals surface area contributed by atoms with Gasteiger partial charge in [0.15, 0.2) is 11.5 Å². The van der Waals surface area contributed by atoms with Crippen LogP contribution in [0.25, 0.3) is 6.08 Å². The zero-order chi connectivity index (χ0) is 23.1. The SMILES string of the molecule is CCN(CC)CCCN1C(=O)C(O)=C(C(=O)/C=C/c2ccco2)C1c1ccccc1OC. The number of nitrogens with zero attached hydrogens (tertiary/aromatic N) is 2. The van der Waals surface area contributed by atoms with Gasteiger partial charge in [-0.2, -0.15) is 0 Å². The molecule has 2 heterocycles. The smallest absolute Gasteiger partial charge is 0.290 e. The predicted octanol–water partition coefficient (Wildman–Crippen LogP) is 4.00. The zero-order valence-electron chi connectivity index (χ0n) is 18.8. The van der Waals surface area contributed by atoms with Crippen LogP contribution in [0.4, 0.5) is 0 Å². The van der Waals surface area contributed by atoms with Crippen molar-refractivity contribution in [1.82, 2.24) is 9.80 Å². The molecule has 7 heteroatoms. The number of allylic oxidation sites excluding steroid dienone is 1. The molecule has 0 spiro atoms. The molecule has 1 atom stereocenters. The highest BCUT2D eigenvalue weighted by atomic mass is 16.5. The van der Waals surface area contributed by atoms with Crippen molar-refractivity contribution in [2.45, 2.75) is 26.3 Å². The fourth-order valence-corrected chi connectivity index (χ4v) is 3.99. The van der Waals surface area contributed by atoms with Crippen LogP contribution < -0.4 is 4.74 Å². The van der Waals surface area contributed by atoms with Gasteiger partial charge in [0, 0.05) is 12.1 Å². The maximum absolute atomic E-state index is 13.1. The summed E-state index contributed by atoms with van der Waals surface area (Å²) in [5.41, 5.74) is 0.704. The number of carbonyl (C=O) groups excluding carboxylic acids is 2. The van der Waals surface area contributed by atoms with E-state index >= 15 is 0 Å². The molecule has 0 aliphatic carbocycles. The number of aliphatic hydroxyl groups excluding tert-OH is 1. The number of hydrogen-bond donors (Lipinski definition) is 1. The molecule has 1 aromatic heterocycles. The predicted molar refractivity (Wildman–Crippen MR) is 122 cm³/mol. The van der Waals surface area contributed by atoms with Crippen molar-refractivity contribution >= 4 is 17.8 Å². The molecule has 1 unspecified atom stereocenters. The van der Waals surface area contributed by atoms with Gasteiger partial charge in [-0.3, -0.25) is 9.59 Å². The second kappa shape index (κ2) is 10.8. The number of benzene rings is 1. The Hall–Kier alpha value is -3.32. The molecular weight excluding hydrogens is 408 g/mol. The van der Waals surface area contributed by atoms with E-state index in [9.17, 15) is 14.7 Å². The van der Waals surface area contributed by atoms with E-state index in [1.807, 2.05) is 18.2 Å². The molecule has 1 amide bonds. The van der Waals surface area contributed by atoms with Crippen LogP contribution in [0, 0.1) is 0 Å². The molecule has 170 valence electrons. The summed E-state index contributed by atoms with van der Waals surface area (Å²) in [6.45, 7) is 7.25. The van der Waals surface area contributed by atoms with Crippen LogP contribution in [0.5, 0.6) is 5.75 Å². The lowest BCUT2D eigenvalue weighted by Crippen LogP contribution is -2.34. The summed E-state index contributed by atoms with van der Waals surface area (Å²) in [6.07, 6.45) is 5.07. The number of rotatable bonds is 11. The van der Waals surface area contributed by atoms with E-state index in [0.717, 1.165) is 26.1 Å². The van der Waals surface area contributed by atoms with E-state index in [4.69, 9.17) is 9.15 Å². The summed E-state index contributed by atoms with van der Waals surface area (Å²) in [7, 11) is 1.54. The summed E-state index contributed by atoms with van der Waals surface area (Å²) < 4.78 is 10.7. The molecule has 2 aromatic rings. The Labute approximate surface area is 188 Å². The van der Waals surface area contributed by atoms with Crippen LogP contribution >= 0.6 is 0 Å². The van der Waals surface area contributed by atoms with Gasteiger partial charge in [0.1, 0.15) is 11.5 Å². The highest BCUT2D eigenvalue weighted by Gasteiger charge is 2.43. The van der Waals surface area contributed by atoms with Gasteiger partial charge in [0.2, 0.25) is 0 Å². The lowest BCUT2D eigenvalue weighted by atomic mass is 9.95. The Balaban J connectivity index is 1.94. The normalized spacial score (nSPS) is 16.6. The number of methoxy groups -OCH3 is 1. The number of ether oxygens (including phenoxy) is 1. The van der Waals surface area contributed by atoms with Gasteiger partial charge in [0.25, 0.3) is 5.91 Å². The molecule has 1 aliphatic heterocycles. The van der Waals surface area contributed by atoms with Crippen molar-refractivity contribution in [2.75, 3.05) is 33.3 Å². The molecule has 1 aromatic carbocycles. The number of carbonyl (C=O) groups is 2. The van der Waals surface area contributed by atoms with E-state index < -0.39 is 23.5 Å². The second-order valence-electron chi connectivity index (χ2n) is 7.50. The van der Waals surface area contributed by atoms with Crippen molar-refractivity contribution in [3.63, 3.8) is 0 Å². The van der Waals surface area contributed by atoms with Gasteiger partial charge in [-0.25, -0.2) is 0 Å². The monoisotopic (exact) mass is 438 g/mol. The van der Waals surface area contributed by atoms with Crippen LogP contribution in [-0.2, 0) is 9.59 Å². The summed E-state index contributed by atoms with van der Waals surface area (Å²) in [5.74, 6) is -0.454. The Morgan fingerprint density at radius 1 is 1.22 bits per heavy atom. The lowest BCUT2D eigenvalue weighted by Gasteiger charge is -2.28. The molecule has 0 fully saturated rings. The summed E-state index contributed by atoms with van der Waals surface area (Å²) in [6, 6.07) is 9.95. The van der Waals surface area contributed by atoms with Gasteiger partial charge in [0.05, 0.1) is 25.0 Å². The fourth-order valence-electron chi connectivity index (χ4n) is 3.99. The second-order valence-corrected chi connectivity index (χ2v) is 7.50. The van der Waals surface area contributed by atoms with Gasteiger partial charge < -0.3 is 24.1 Å². The molecule has 0 saturated heterocycles. The quantitative estimate of drug-likeness (QED) is 0.534. The fraction of sp³-hybridized carbons (Fsp3) is 0.360. The standard InChI is InChI=1S/C25H30N2O5/c1-4-26(5-2)15-9-16-27-23(19-11-6-7-12-21(19)31-3)22(24(29)25(27)30)20(28)14-13-18-10-8-17-32-18/h6-8,10-14,17,23,29H,4-5,9,15-16H2,1-3H3/b14-13+. The number of aliphatic hydroxyl groups is 1. The van der Waals surface area contributed by atoms with Crippen LogP contribution in [0.1, 0.15) is 37.6 Å². The third-order valence-corrected chi connectivity index (χ3v) is 5.71. The van der Waals surface area contributed by atoms with Crippen molar-refractivity contribution in [3.05, 3.63) is 71.4 Å². The molecule has 3 rings (SSSR count). The Morgan fingerprint density at radius 2 is 1.97 bits per heavy atom. The number of para-hydroxylation sites is 1. The Morgan fingerprint density at radius 3 is 2.62 bits per heavy atom. The Bertz CT molecular complexity index is 990. The van der Waals surface area contributed by atoms with E-state index in [1.54, 1.807) is 30.2 Å². The average molecular weight is 439 g/mol. The van der Waals surface area contributed by atoms with E-state index in [-0.39, 0.29) is 5.57 Å². The Kier molecular flexibility index (Phi) is 7.89. The lowest BCUT2D eigenvalue weighted by molar-refractivity contribution is -0.129. The minimum absolute atomic E-state index is 0.0464. The molecule has 0 bridgehead atoms. The summed E-state index contributed by atoms with van der Waals surface area (Å²) in [5, 5.41) is 10.7. The van der Waals surface area contributed by atoms with Crippen molar-refractivity contribution < 1.29 is 23.8 Å².